The van der Waals surface area contributed by atoms with Gasteiger partial charge in [0, 0.05) is 0 Å². The van der Waals surface area contributed by atoms with Crippen LogP contribution in [0.2, 0.25) is 0 Å². The van der Waals surface area contributed by atoms with Crippen LogP contribution >= 0.6 is 7.92 Å². The van der Waals surface area contributed by atoms with E-state index in [-0.39, 0.29) is 7.92 Å². The van der Waals surface area contributed by atoms with E-state index in [1.807, 2.05) is 0 Å². The van der Waals surface area contributed by atoms with Crippen LogP contribution in [0.25, 0.3) is 0 Å². The van der Waals surface area contributed by atoms with Gasteiger partial charge in [0.05, 0.1) is 0 Å². The maximum Gasteiger partial charge on any atom is -0.0118 e. The molecule has 1 aromatic rings. The van der Waals surface area contributed by atoms with Gasteiger partial charge in [-0.05, 0) is 36.2 Å². The molecule has 1 aliphatic heterocycles. The summed E-state index contributed by atoms with van der Waals surface area (Å²) in [6, 6.07) is 10.9. The SMILES string of the molecule is CC1=C(C(C)(C)C)P1c1ccccc1. The first kappa shape index (κ1) is 9.93. The smallest absolute Gasteiger partial charge is 0.0118 e. The fourth-order valence-corrected chi connectivity index (χ4v) is 4.80. The Hall–Kier alpha value is -0.610. The van der Waals surface area contributed by atoms with E-state index in [0.717, 1.165) is 0 Å². The minimum atomic E-state index is -0.0249. The van der Waals surface area contributed by atoms with Crippen LogP contribution in [0.15, 0.2) is 41.0 Å². The fraction of sp³-hybridized carbons (Fsp3) is 0.385. The highest BCUT2D eigenvalue weighted by Crippen LogP contribution is 2.73. The molecule has 14 heavy (non-hydrogen) atoms. The molecule has 1 heteroatoms. The molecule has 0 bridgehead atoms. The van der Waals surface area contributed by atoms with Crippen LogP contribution in [-0.2, 0) is 0 Å². The van der Waals surface area contributed by atoms with Gasteiger partial charge in [0.15, 0.2) is 0 Å². The van der Waals surface area contributed by atoms with Crippen LogP contribution in [0.3, 0.4) is 0 Å². The summed E-state index contributed by atoms with van der Waals surface area (Å²) in [4.78, 5) is 0. The minimum absolute atomic E-state index is 0.0249. The van der Waals surface area contributed by atoms with E-state index >= 15 is 0 Å². The van der Waals surface area contributed by atoms with E-state index < -0.39 is 0 Å². The lowest BCUT2D eigenvalue weighted by atomic mass is 9.96. The van der Waals surface area contributed by atoms with Gasteiger partial charge in [-0.2, -0.15) is 0 Å². The second-order valence-electron chi connectivity index (χ2n) is 4.85. The summed E-state index contributed by atoms with van der Waals surface area (Å²) in [6.45, 7) is 9.24. The largest absolute Gasteiger partial charge is 0.0622 e. The molecule has 0 aromatic heterocycles. The van der Waals surface area contributed by atoms with Gasteiger partial charge in [-0.3, -0.25) is 0 Å². The van der Waals surface area contributed by atoms with Gasteiger partial charge < -0.3 is 0 Å². The highest BCUT2D eigenvalue weighted by atomic mass is 31.1. The molecule has 0 fully saturated rings. The summed E-state index contributed by atoms with van der Waals surface area (Å²) in [5, 5.41) is 4.85. The molecule has 2 rings (SSSR count). The lowest BCUT2D eigenvalue weighted by Crippen LogP contribution is -2.03. The first-order chi connectivity index (χ1) is 6.52. The minimum Gasteiger partial charge on any atom is -0.0622 e. The van der Waals surface area contributed by atoms with E-state index in [1.165, 1.54) is 5.30 Å². The summed E-state index contributed by atoms with van der Waals surface area (Å²) in [7, 11) is -0.0249. The topological polar surface area (TPSA) is 0 Å². The van der Waals surface area contributed by atoms with Gasteiger partial charge in [0.1, 0.15) is 0 Å². The summed E-state index contributed by atoms with van der Waals surface area (Å²) in [5.41, 5.74) is 0.367. The molecule has 0 spiro atoms. The molecule has 0 nitrogen and oxygen atoms in total. The number of rotatable bonds is 1. The van der Waals surface area contributed by atoms with Crippen LogP contribution < -0.4 is 5.30 Å². The van der Waals surface area contributed by atoms with E-state index in [1.54, 1.807) is 10.6 Å². The zero-order chi connectivity index (χ0) is 10.3. The molecule has 0 radical (unpaired) electrons. The first-order valence-corrected chi connectivity index (χ1v) is 6.42. The monoisotopic (exact) mass is 204 g/mol. The Morgan fingerprint density at radius 2 is 1.57 bits per heavy atom. The average molecular weight is 204 g/mol. The zero-order valence-corrected chi connectivity index (χ0v) is 10.2. The summed E-state index contributed by atoms with van der Waals surface area (Å²) in [6.07, 6.45) is 0. The fourth-order valence-electron chi connectivity index (χ4n) is 2.03. The quantitative estimate of drug-likeness (QED) is 0.604. The Balaban J connectivity index is 2.22. The number of benzene rings is 1. The maximum atomic E-state index is 2.32. The van der Waals surface area contributed by atoms with E-state index in [0.29, 0.717) is 5.41 Å². The molecule has 1 aromatic carbocycles. The van der Waals surface area contributed by atoms with Gasteiger partial charge in [0.2, 0.25) is 0 Å². The van der Waals surface area contributed by atoms with E-state index in [4.69, 9.17) is 0 Å². The van der Waals surface area contributed by atoms with Crippen molar-refractivity contribution >= 4 is 13.2 Å². The maximum absolute atomic E-state index is 2.32. The van der Waals surface area contributed by atoms with Gasteiger partial charge >= 0.3 is 0 Å². The van der Waals surface area contributed by atoms with Gasteiger partial charge in [-0.1, -0.05) is 51.1 Å². The normalized spacial score (nSPS) is 21.3. The molecular weight excluding hydrogens is 187 g/mol. The molecule has 0 amide bonds. The second-order valence-corrected chi connectivity index (χ2v) is 7.16. The molecule has 1 aliphatic rings. The Morgan fingerprint density at radius 3 is 2.00 bits per heavy atom. The molecule has 0 saturated carbocycles. The van der Waals surface area contributed by atoms with Crippen LogP contribution in [0, 0.1) is 5.41 Å². The van der Waals surface area contributed by atoms with Gasteiger partial charge in [0.25, 0.3) is 0 Å². The first-order valence-electron chi connectivity index (χ1n) is 5.08. The van der Waals surface area contributed by atoms with Gasteiger partial charge in [-0.15, -0.1) is 0 Å². The summed E-state index contributed by atoms with van der Waals surface area (Å²) >= 11 is 0. The predicted molar refractivity (Wildman–Crippen MR) is 65.2 cm³/mol. The lowest BCUT2D eigenvalue weighted by Gasteiger charge is -2.15. The lowest BCUT2D eigenvalue weighted by molar-refractivity contribution is 0.537. The molecule has 0 aliphatic carbocycles. The Morgan fingerprint density at radius 1 is 1.00 bits per heavy atom. The van der Waals surface area contributed by atoms with Crippen molar-refractivity contribution < 1.29 is 0 Å². The third-order valence-electron chi connectivity index (χ3n) is 2.58. The van der Waals surface area contributed by atoms with Crippen molar-refractivity contribution in [2.75, 3.05) is 0 Å². The molecule has 74 valence electrons. The average Bonchev–Trinajstić information content (AvgIpc) is 2.78. The van der Waals surface area contributed by atoms with Crippen LogP contribution in [-0.4, -0.2) is 0 Å². The zero-order valence-electron chi connectivity index (χ0n) is 9.33. The Bertz CT molecular complexity index is 368. The highest BCUT2D eigenvalue weighted by Gasteiger charge is 2.40. The third-order valence-corrected chi connectivity index (χ3v) is 5.52. The number of allylic oxidation sites excluding steroid dienone is 2. The molecule has 1 atom stereocenters. The van der Waals surface area contributed by atoms with Crippen LogP contribution in [0.5, 0.6) is 0 Å². The van der Waals surface area contributed by atoms with E-state index in [2.05, 4.69) is 58.0 Å². The molecular formula is C13H17P. The predicted octanol–water partition coefficient (Wildman–Crippen LogP) is 4.09. The molecule has 1 unspecified atom stereocenters. The van der Waals surface area contributed by atoms with Crippen molar-refractivity contribution in [1.82, 2.24) is 0 Å². The number of hydrogen-bond donors (Lipinski definition) is 0. The third kappa shape index (κ3) is 1.64. The van der Waals surface area contributed by atoms with Crippen molar-refractivity contribution in [1.29, 1.82) is 0 Å². The van der Waals surface area contributed by atoms with Crippen LogP contribution in [0.4, 0.5) is 0 Å². The Labute approximate surface area is 87.8 Å². The Kier molecular flexibility index (Phi) is 2.27. The molecule has 0 N–H and O–H groups in total. The van der Waals surface area contributed by atoms with Crippen LogP contribution in [0.1, 0.15) is 27.7 Å². The molecule has 1 heterocycles. The van der Waals surface area contributed by atoms with Crippen molar-refractivity contribution in [3.05, 3.63) is 41.0 Å². The van der Waals surface area contributed by atoms with Crippen molar-refractivity contribution in [2.24, 2.45) is 5.41 Å². The van der Waals surface area contributed by atoms with Crippen molar-refractivity contribution in [3.8, 4) is 0 Å². The summed E-state index contributed by atoms with van der Waals surface area (Å²) < 4.78 is 0. The molecule has 0 saturated heterocycles. The van der Waals surface area contributed by atoms with E-state index in [9.17, 15) is 0 Å². The number of hydrogen-bond acceptors (Lipinski definition) is 0. The second kappa shape index (κ2) is 3.21. The van der Waals surface area contributed by atoms with Crippen molar-refractivity contribution in [3.63, 3.8) is 0 Å². The van der Waals surface area contributed by atoms with Gasteiger partial charge in [-0.25, -0.2) is 0 Å². The van der Waals surface area contributed by atoms with Crippen molar-refractivity contribution in [2.45, 2.75) is 27.7 Å². The highest BCUT2D eigenvalue weighted by molar-refractivity contribution is 7.80. The summed E-state index contributed by atoms with van der Waals surface area (Å²) in [5.74, 6) is 0. The standard InChI is InChI=1S/C13H17P/c1-10-12(13(2,3)4)14(10)11-8-6-5-7-9-11/h5-9H,1-4H3.